The SMILES string of the molecule is CCCCOC(=O)C(CC1CCCC1)C(=O)OCCC. The smallest absolute Gasteiger partial charge is 0.320 e. The molecule has 0 aromatic rings. The zero-order valence-electron chi connectivity index (χ0n) is 12.9. The van der Waals surface area contributed by atoms with Crippen LogP contribution in [0, 0.1) is 11.8 Å². The Balaban J connectivity index is 2.52. The van der Waals surface area contributed by atoms with Gasteiger partial charge in [0.05, 0.1) is 13.2 Å². The van der Waals surface area contributed by atoms with Crippen LogP contribution in [0.25, 0.3) is 0 Å². The lowest BCUT2D eigenvalue weighted by molar-refractivity contribution is -0.163. The summed E-state index contributed by atoms with van der Waals surface area (Å²) in [6.07, 6.45) is 7.80. The Morgan fingerprint density at radius 2 is 1.60 bits per heavy atom. The van der Waals surface area contributed by atoms with Gasteiger partial charge >= 0.3 is 11.9 Å². The molecule has 0 aromatic heterocycles. The van der Waals surface area contributed by atoms with E-state index in [0.717, 1.165) is 32.1 Å². The maximum Gasteiger partial charge on any atom is 0.320 e. The predicted molar refractivity (Wildman–Crippen MR) is 77.2 cm³/mol. The minimum absolute atomic E-state index is 0.377. The third kappa shape index (κ3) is 5.93. The van der Waals surface area contributed by atoms with Gasteiger partial charge in [0.2, 0.25) is 0 Å². The summed E-state index contributed by atoms with van der Waals surface area (Å²) in [6.45, 7) is 4.76. The van der Waals surface area contributed by atoms with E-state index in [1.165, 1.54) is 12.8 Å². The van der Waals surface area contributed by atoms with Gasteiger partial charge in [0.25, 0.3) is 0 Å². The molecule has 1 saturated carbocycles. The largest absolute Gasteiger partial charge is 0.465 e. The Morgan fingerprint density at radius 3 is 2.15 bits per heavy atom. The molecular formula is C16H28O4. The highest BCUT2D eigenvalue weighted by Crippen LogP contribution is 2.31. The number of rotatable bonds is 9. The second kappa shape index (κ2) is 9.78. The van der Waals surface area contributed by atoms with Gasteiger partial charge in [0.1, 0.15) is 0 Å². The molecule has 0 amide bonds. The molecule has 0 radical (unpaired) electrons. The summed E-state index contributed by atoms with van der Waals surface area (Å²) >= 11 is 0. The van der Waals surface area contributed by atoms with Crippen molar-refractivity contribution in [2.24, 2.45) is 11.8 Å². The molecule has 0 bridgehead atoms. The van der Waals surface area contributed by atoms with Crippen molar-refractivity contribution < 1.29 is 19.1 Å². The van der Waals surface area contributed by atoms with Crippen LogP contribution in [-0.2, 0) is 19.1 Å². The molecule has 0 saturated heterocycles. The first-order valence-corrected chi connectivity index (χ1v) is 8.02. The molecule has 20 heavy (non-hydrogen) atoms. The third-order valence-electron chi connectivity index (χ3n) is 3.80. The number of unbranched alkanes of at least 4 members (excludes halogenated alkanes) is 1. The minimum Gasteiger partial charge on any atom is -0.465 e. The quantitative estimate of drug-likeness (QED) is 0.369. The van der Waals surface area contributed by atoms with Gasteiger partial charge < -0.3 is 9.47 Å². The highest BCUT2D eigenvalue weighted by molar-refractivity contribution is 5.94. The summed E-state index contributed by atoms with van der Waals surface area (Å²) in [5, 5.41) is 0. The van der Waals surface area contributed by atoms with Gasteiger partial charge in [-0.2, -0.15) is 0 Å². The van der Waals surface area contributed by atoms with E-state index in [4.69, 9.17) is 9.47 Å². The summed E-state index contributed by atoms with van der Waals surface area (Å²) in [5.41, 5.74) is 0. The summed E-state index contributed by atoms with van der Waals surface area (Å²) in [7, 11) is 0. The maximum absolute atomic E-state index is 12.1. The van der Waals surface area contributed by atoms with E-state index in [-0.39, 0.29) is 0 Å². The summed E-state index contributed by atoms with van der Waals surface area (Å²) < 4.78 is 10.4. The molecule has 4 nitrogen and oxygen atoms in total. The standard InChI is InChI=1S/C16H28O4/c1-3-5-11-20-16(18)14(15(17)19-10-4-2)12-13-8-6-7-9-13/h13-14H,3-12H2,1-2H3. The minimum atomic E-state index is -0.721. The summed E-state index contributed by atoms with van der Waals surface area (Å²) in [6, 6.07) is 0. The van der Waals surface area contributed by atoms with Crippen LogP contribution in [0.1, 0.15) is 65.2 Å². The van der Waals surface area contributed by atoms with E-state index < -0.39 is 17.9 Å². The second-order valence-corrected chi connectivity index (χ2v) is 5.63. The average molecular weight is 284 g/mol. The molecule has 0 heterocycles. The van der Waals surface area contributed by atoms with Crippen molar-refractivity contribution in [3.63, 3.8) is 0 Å². The monoisotopic (exact) mass is 284 g/mol. The normalized spacial score (nSPS) is 16.9. The van der Waals surface area contributed by atoms with Crippen LogP contribution in [0.4, 0.5) is 0 Å². The van der Waals surface area contributed by atoms with Crippen LogP contribution in [0.2, 0.25) is 0 Å². The number of esters is 2. The van der Waals surface area contributed by atoms with Crippen molar-refractivity contribution >= 4 is 11.9 Å². The van der Waals surface area contributed by atoms with Gasteiger partial charge in [-0.1, -0.05) is 46.0 Å². The highest BCUT2D eigenvalue weighted by atomic mass is 16.6. The molecule has 4 heteroatoms. The van der Waals surface area contributed by atoms with Crippen LogP contribution in [0.3, 0.4) is 0 Å². The molecule has 1 aliphatic rings. The fraction of sp³-hybridized carbons (Fsp3) is 0.875. The van der Waals surface area contributed by atoms with Gasteiger partial charge in [-0.15, -0.1) is 0 Å². The molecule has 1 fully saturated rings. The molecule has 0 aromatic carbocycles. The fourth-order valence-electron chi connectivity index (χ4n) is 2.59. The maximum atomic E-state index is 12.1. The Hall–Kier alpha value is -1.06. The topological polar surface area (TPSA) is 52.6 Å². The van der Waals surface area contributed by atoms with Gasteiger partial charge in [-0.05, 0) is 25.2 Å². The average Bonchev–Trinajstić information content (AvgIpc) is 2.95. The van der Waals surface area contributed by atoms with Crippen molar-refractivity contribution in [2.75, 3.05) is 13.2 Å². The van der Waals surface area contributed by atoms with E-state index >= 15 is 0 Å². The van der Waals surface area contributed by atoms with Crippen molar-refractivity contribution in [1.82, 2.24) is 0 Å². The van der Waals surface area contributed by atoms with E-state index in [1.807, 2.05) is 13.8 Å². The predicted octanol–water partition coefficient (Wildman–Crippen LogP) is 3.48. The number of carbonyl (C=O) groups excluding carboxylic acids is 2. The molecule has 1 unspecified atom stereocenters. The van der Waals surface area contributed by atoms with Gasteiger partial charge in [-0.3, -0.25) is 9.59 Å². The zero-order chi connectivity index (χ0) is 14.8. The van der Waals surface area contributed by atoms with E-state index in [9.17, 15) is 9.59 Å². The lowest BCUT2D eigenvalue weighted by atomic mass is 9.93. The summed E-state index contributed by atoms with van der Waals surface area (Å²) in [4.78, 5) is 24.1. The molecule has 1 aliphatic carbocycles. The Kier molecular flexibility index (Phi) is 8.31. The first-order chi connectivity index (χ1) is 9.69. The van der Waals surface area contributed by atoms with E-state index in [2.05, 4.69) is 0 Å². The molecular weight excluding hydrogens is 256 g/mol. The van der Waals surface area contributed by atoms with Crippen LogP contribution in [-0.4, -0.2) is 25.2 Å². The van der Waals surface area contributed by atoms with E-state index in [1.54, 1.807) is 0 Å². The molecule has 0 aliphatic heterocycles. The van der Waals surface area contributed by atoms with Crippen LogP contribution >= 0.6 is 0 Å². The molecule has 0 N–H and O–H groups in total. The molecule has 1 rings (SSSR count). The van der Waals surface area contributed by atoms with Crippen LogP contribution in [0.5, 0.6) is 0 Å². The van der Waals surface area contributed by atoms with Crippen LogP contribution in [0.15, 0.2) is 0 Å². The lowest BCUT2D eigenvalue weighted by Gasteiger charge is -2.18. The van der Waals surface area contributed by atoms with Crippen LogP contribution < -0.4 is 0 Å². The first-order valence-electron chi connectivity index (χ1n) is 8.02. The Morgan fingerprint density at radius 1 is 1.00 bits per heavy atom. The van der Waals surface area contributed by atoms with Crippen molar-refractivity contribution in [3.05, 3.63) is 0 Å². The van der Waals surface area contributed by atoms with Crippen molar-refractivity contribution in [1.29, 1.82) is 0 Å². The second-order valence-electron chi connectivity index (χ2n) is 5.63. The molecule has 0 spiro atoms. The van der Waals surface area contributed by atoms with E-state index in [0.29, 0.717) is 25.6 Å². The lowest BCUT2D eigenvalue weighted by Crippen LogP contribution is -2.30. The molecule has 1 atom stereocenters. The first kappa shape index (κ1) is 17.0. The number of hydrogen-bond donors (Lipinski definition) is 0. The van der Waals surface area contributed by atoms with Gasteiger partial charge in [0, 0.05) is 0 Å². The Labute approximate surface area is 122 Å². The third-order valence-corrected chi connectivity index (χ3v) is 3.80. The van der Waals surface area contributed by atoms with Gasteiger partial charge in [-0.25, -0.2) is 0 Å². The molecule has 116 valence electrons. The fourth-order valence-corrected chi connectivity index (χ4v) is 2.59. The highest BCUT2D eigenvalue weighted by Gasteiger charge is 2.33. The van der Waals surface area contributed by atoms with Crippen molar-refractivity contribution in [3.8, 4) is 0 Å². The van der Waals surface area contributed by atoms with Gasteiger partial charge in [0.15, 0.2) is 5.92 Å². The zero-order valence-corrected chi connectivity index (χ0v) is 12.9. The Bertz CT molecular complexity index is 295. The number of hydrogen-bond acceptors (Lipinski definition) is 4. The number of carbonyl (C=O) groups is 2. The number of ether oxygens (including phenoxy) is 2. The summed E-state index contributed by atoms with van der Waals surface area (Å²) in [5.74, 6) is -1.05. The van der Waals surface area contributed by atoms with Crippen molar-refractivity contribution in [2.45, 2.75) is 65.2 Å².